The van der Waals surface area contributed by atoms with Gasteiger partial charge in [-0.25, -0.2) is 5.84 Å². The molecule has 0 aliphatic rings. The van der Waals surface area contributed by atoms with Gasteiger partial charge in [0.25, 0.3) is 5.91 Å². The molecule has 0 bridgehead atoms. The Kier molecular flexibility index (Phi) is 4.71. The van der Waals surface area contributed by atoms with E-state index in [2.05, 4.69) is 11.5 Å². The van der Waals surface area contributed by atoms with Crippen LogP contribution in [0, 0.1) is 11.3 Å². The van der Waals surface area contributed by atoms with E-state index < -0.39 is 0 Å². The summed E-state index contributed by atoms with van der Waals surface area (Å²) in [5.74, 6) is 5.49. The Balaban J connectivity index is 1.93. The number of hydrogen-bond acceptors (Lipinski definition) is 5. The number of nitrogens with one attached hydrogen (secondary N) is 1. The highest BCUT2D eigenvalue weighted by atomic mass is 32.1. The van der Waals surface area contributed by atoms with E-state index in [4.69, 9.17) is 15.8 Å². The van der Waals surface area contributed by atoms with E-state index in [1.807, 2.05) is 30.3 Å². The Morgan fingerprint density at radius 1 is 1.30 bits per heavy atom. The Morgan fingerprint density at radius 3 is 2.70 bits per heavy atom. The highest BCUT2D eigenvalue weighted by Crippen LogP contribution is 2.19. The van der Waals surface area contributed by atoms with Gasteiger partial charge in [0.05, 0.1) is 17.4 Å². The number of carbonyl (C=O) groups excluding carboxylic acids is 1. The fourth-order valence-electron chi connectivity index (χ4n) is 1.60. The molecule has 1 aromatic heterocycles. The topological polar surface area (TPSA) is 88.1 Å². The molecule has 0 saturated heterocycles. The van der Waals surface area contributed by atoms with E-state index in [0.29, 0.717) is 17.9 Å². The fraction of sp³-hybridized carbons (Fsp3) is 0.143. The maximum atomic E-state index is 11.3. The first kappa shape index (κ1) is 14.1. The molecule has 0 unspecified atom stereocenters. The van der Waals surface area contributed by atoms with Crippen LogP contribution in [-0.2, 0) is 13.0 Å². The van der Waals surface area contributed by atoms with Crippen molar-refractivity contribution in [3.63, 3.8) is 0 Å². The van der Waals surface area contributed by atoms with Gasteiger partial charge in [-0.1, -0.05) is 12.1 Å². The van der Waals surface area contributed by atoms with Crippen LogP contribution < -0.4 is 16.0 Å². The summed E-state index contributed by atoms with van der Waals surface area (Å²) in [6.07, 6.45) is 0.392. The van der Waals surface area contributed by atoms with Crippen molar-refractivity contribution < 1.29 is 9.53 Å². The summed E-state index contributed by atoms with van der Waals surface area (Å²) >= 11 is 1.34. The van der Waals surface area contributed by atoms with Gasteiger partial charge in [-0.05, 0) is 29.8 Å². The van der Waals surface area contributed by atoms with Crippen molar-refractivity contribution in [1.82, 2.24) is 5.43 Å². The van der Waals surface area contributed by atoms with Gasteiger partial charge in [-0.2, -0.15) is 5.26 Å². The van der Waals surface area contributed by atoms with Crippen LogP contribution in [0.4, 0.5) is 0 Å². The molecular formula is C14H13N3O2S. The van der Waals surface area contributed by atoms with Crippen molar-refractivity contribution in [3.8, 4) is 11.8 Å². The average molecular weight is 287 g/mol. The number of rotatable bonds is 5. The third-order valence-corrected chi connectivity index (χ3v) is 3.66. The first-order valence-electron chi connectivity index (χ1n) is 5.91. The monoisotopic (exact) mass is 287 g/mol. The van der Waals surface area contributed by atoms with Crippen molar-refractivity contribution in [2.24, 2.45) is 5.84 Å². The average Bonchev–Trinajstić information content (AvgIpc) is 2.95. The zero-order valence-electron chi connectivity index (χ0n) is 10.6. The van der Waals surface area contributed by atoms with Gasteiger partial charge in [0.1, 0.15) is 12.4 Å². The maximum absolute atomic E-state index is 11.3. The molecule has 0 fully saturated rings. The Hall–Kier alpha value is -2.36. The molecule has 3 N–H and O–H groups in total. The summed E-state index contributed by atoms with van der Waals surface area (Å²) in [6, 6.07) is 13.0. The highest BCUT2D eigenvalue weighted by molar-refractivity contribution is 7.14. The first-order chi connectivity index (χ1) is 9.72. The van der Waals surface area contributed by atoms with Gasteiger partial charge in [0.15, 0.2) is 0 Å². The maximum Gasteiger partial charge on any atom is 0.275 e. The number of hydrazine groups is 1. The lowest BCUT2D eigenvalue weighted by molar-refractivity contribution is 0.0957. The molecule has 5 nitrogen and oxygen atoms in total. The van der Waals surface area contributed by atoms with Crippen LogP contribution in [0.1, 0.15) is 20.1 Å². The number of hydrogen-bond donors (Lipinski definition) is 2. The number of ether oxygens (including phenoxy) is 1. The van der Waals surface area contributed by atoms with E-state index >= 15 is 0 Å². The highest BCUT2D eigenvalue weighted by Gasteiger charge is 2.07. The van der Waals surface area contributed by atoms with Gasteiger partial charge >= 0.3 is 0 Å². The molecule has 1 heterocycles. The minimum absolute atomic E-state index is 0.304. The smallest absolute Gasteiger partial charge is 0.275 e. The molecule has 102 valence electrons. The molecule has 0 spiro atoms. The molecule has 0 aliphatic carbocycles. The Bertz CT molecular complexity index is 629. The summed E-state index contributed by atoms with van der Waals surface area (Å²) in [4.78, 5) is 12.8. The van der Waals surface area contributed by atoms with Gasteiger partial charge in [0.2, 0.25) is 0 Å². The molecule has 0 saturated carbocycles. The predicted octanol–water partition coefficient (Wildman–Crippen LogP) is 2.00. The molecule has 1 amide bonds. The molecular weight excluding hydrogens is 274 g/mol. The van der Waals surface area contributed by atoms with Crippen LogP contribution in [-0.4, -0.2) is 5.91 Å². The number of nitriles is 1. The summed E-state index contributed by atoms with van der Waals surface area (Å²) in [6.45, 7) is 0.389. The summed E-state index contributed by atoms with van der Waals surface area (Å²) in [7, 11) is 0. The third kappa shape index (κ3) is 3.57. The zero-order chi connectivity index (χ0) is 14.4. The minimum Gasteiger partial charge on any atom is -0.488 e. The van der Waals surface area contributed by atoms with Gasteiger partial charge in [-0.15, -0.1) is 11.3 Å². The molecule has 0 aliphatic heterocycles. The lowest BCUT2D eigenvalue weighted by atomic mass is 10.2. The van der Waals surface area contributed by atoms with Crippen LogP contribution in [0.3, 0.4) is 0 Å². The van der Waals surface area contributed by atoms with Crippen molar-refractivity contribution in [2.45, 2.75) is 13.0 Å². The molecule has 2 aromatic rings. The van der Waals surface area contributed by atoms with Gasteiger partial charge in [-0.3, -0.25) is 10.2 Å². The molecule has 6 heteroatoms. The normalized spacial score (nSPS) is 9.80. The van der Waals surface area contributed by atoms with Crippen molar-refractivity contribution in [2.75, 3.05) is 0 Å². The van der Waals surface area contributed by atoms with Gasteiger partial charge in [0, 0.05) is 4.88 Å². The van der Waals surface area contributed by atoms with Crippen LogP contribution >= 0.6 is 11.3 Å². The summed E-state index contributed by atoms with van der Waals surface area (Å²) < 4.78 is 5.62. The van der Waals surface area contributed by atoms with Crippen molar-refractivity contribution >= 4 is 17.2 Å². The summed E-state index contributed by atoms with van der Waals surface area (Å²) in [5, 5.41) is 8.59. The number of nitrogens with zero attached hydrogens (tertiary/aromatic N) is 1. The lowest BCUT2D eigenvalue weighted by Crippen LogP contribution is -2.29. The molecule has 1 aromatic carbocycles. The fourth-order valence-corrected chi connectivity index (χ4v) is 2.42. The van der Waals surface area contributed by atoms with Crippen LogP contribution in [0.5, 0.6) is 5.75 Å². The predicted molar refractivity (Wildman–Crippen MR) is 76.1 cm³/mol. The minimum atomic E-state index is -0.304. The first-order valence-corrected chi connectivity index (χ1v) is 6.73. The Labute approximate surface area is 120 Å². The van der Waals surface area contributed by atoms with Gasteiger partial charge < -0.3 is 4.74 Å². The quantitative estimate of drug-likeness (QED) is 0.500. The standard InChI is InChI=1S/C14H13N3O2S/c15-8-7-10-1-3-11(4-2-10)19-9-12-5-6-13(20-12)14(18)17-16/h1-6H,7,9,16H2,(H,17,18). The number of benzene rings is 1. The number of carbonyl (C=O) groups is 1. The zero-order valence-corrected chi connectivity index (χ0v) is 11.4. The van der Waals surface area contributed by atoms with Crippen LogP contribution in [0.15, 0.2) is 36.4 Å². The largest absolute Gasteiger partial charge is 0.488 e. The Morgan fingerprint density at radius 2 is 2.05 bits per heavy atom. The SMILES string of the molecule is N#CCc1ccc(OCc2ccc(C(=O)NN)s2)cc1. The second kappa shape index (κ2) is 6.70. The molecule has 0 radical (unpaired) electrons. The third-order valence-electron chi connectivity index (χ3n) is 2.60. The van der Waals surface area contributed by atoms with E-state index in [1.54, 1.807) is 6.07 Å². The number of amides is 1. The second-order valence-electron chi connectivity index (χ2n) is 4.01. The number of nitrogens with two attached hydrogens (primary N) is 1. The van der Waals surface area contributed by atoms with E-state index in [1.165, 1.54) is 11.3 Å². The molecule has 20 heavy (non-hydrogen) atoms. The number of nitrogen functional groups attached to an aromatic ring is 1. The van der Waals surface area contributed by atoms with Crippen molar-refractivity contribution in [3.05, 3.63) is 51.7 Å². The van der Waals surface area contributed by atoms with E-state index in [9.17, 15) is 4.79 Å². The van der Waals surface area contributed by atoms with E-state index in [0.717, 1.165) is 16.2 Å². The second-order valence-corrected chi connectivity index (χ2v) is 5.18. The van der Waals surface area contributed by atoms with Crippen molar-refractivity contribution in [1.29, 1.82) is 5.26 Å². The summed E-state index contributed by atoms with van der Waals surface area (Å²) in [5.41, 5.74) is 3.05. The van der Waals surface area contributed by atoms with Crippen LogP contribution in [0.2, 0.25) is 0 Å². The number of thiophene rings is 1. The van der Waals surface area contributed by atoms with E-state index in [-0.39, 0.29) is 5.91 Å². The molecule has 2 rings (SSSR count). The molecule has 0 atom stereocenters. The van der Waals surface area contributed by atoms with Crippen LogP contribution in [0.25, 0.3) is 0 Å². The lowest BCUT2D eigenvalue weighted by Gasteiger charge is -2.04.